The third-order valence-electron chi connectivity index (χ3n) is 5.02. The average molecular weight is 427 g/mol. The van der Waals surface area contributed by atoms with Crippen molar-refractivity contribution in [3.63, 3.8) is 0 Å². The molecular formula is C21H35FN2O4Si. The van der Waals surface area contributed by atoms with Crippen LogP contribution in [-0.4, -0.2) is 38.5 Å². The van der Waals surface area contributed by atoms with Crippen LogP contribution >= 0.6 is 0 Å². The molecule has 8 heteroatoms. The van der Waals surface area contributed by atoms with Crippen LogP contribution in [0.3, 0.4) is 0 Å². The van der Waals surface area contributed by atoms with Crippen LogP contribution in [0.15, 0.2) is 18.2 Å². The Balaban J connectivity index is 3.25. The Kier molecular flexibility index (Phi) is 7.87. The summed E-state index contributed by atoms with van der Waals surface area (Å²) < 4.78 is 25.5. The largest absolute Gasteiger partial charge is 0.543 e. The normalized spacial score (nSPS) is 13.6. The summed E-state index contributed by atoms with van der Waals surface area (Å²) in [5, 5.41) is 2.50. The molecule has 0 saturated heterocycles. The predicted octanol–water partition coefficient (Wildman–Crippen LogP) is 4.45. The SMILES string of the molecule is CCOC(=O)C(CC(C)(C)F)NC(=O)c1c(N)cccc1O[Si](C)(C)C(C)(C)C. The second-order valence-electron chi connectivity index (χ2n) is 9.28. The van der Waals surface area contributed by atoms with Crippen molar-refractivity contribution >= 4 is 25.9 Å². The molecule has 0 aromatic heterocycles. The maximum atomic E-state index is 14.2. The lowest BCUT2D eigenvalue weighted by molar-refractivity contribution is -0.146. The summed E-state index contributed by atoms with van der Waals surface area (Å²) in [6.45, 7) is 14.9. The van der Waals surface area contributed by atoms with Crippen LogP contribution in [0.5, 0.6) is 5.75 Å². The van der Waals surface area contributed by atoms with E-state index in [1.807, 2.05) is 0 Å². The molecule has 1 rings (SSSR count). The molecule has 1 unspecified atom stereocenters. The second kappa shape index (κ2) is 9.15. The topological polar surface area (TPSA) is 90.7 Å². The fourth-order valence-corrected chi connectivity index (χ4v) is 3.48. The van der Waals surface area contributed by atoms with Gasteiger partial charge in [0.15, 0.2) is 0 Å². The number of esters is 1. The molecule has 1 aromatic carbocycles. The molecule has 0 saturated carbocycles. The van der Waals surface area contributed by atoms with Crippen molar-refractivity contribution in [2.75, 3.05) is 12.3 Å². The first-order valence-electron chi connectivity index (χ1n) is 9.83. The molecular weight excluding hydrogens is 391 g/mol. The summed E-state index contributed by atoms with van der Waals surface area (Å²) in [4.78, 5) is 25.3. The molecule has 0 aliphatic carbocycles. The highest BCUT2D eigenvalue weighted by Crippen LogP contribution is 2.39. The van der Waals surface area contributed by atoms with Crippen molar-refractivity contribution in [1.29, 1.82) is 0 Å². The Morgan fingerprint density at radius 2 is 1.79 bits per heavy atom. The van der Waals surface area contributed by atoms with Crippen LogP contribution in [-0.2, 0) is 9.53 Å². The summed E-state index contributed by atoms with van der Waals surface area (Å²) in [6.07, 6.45) is -0.220. The Morgan fingerprint density at radius 3 is 2.28 bits per heavy atom. The van der Waals surface area contributed by atoms with E-state index in [1.54, 1.807) is 25.1 Å². The van der Waals surface area contributed by atoms with E-state index >= 15 is 0 Å². The van der Waals surface area contributed by atoms with Crippen LogP contribution in [0.4, 0.5) is 10.1 Å². The van der Waals surface area contributed by atoms with Gasteiger partial charge in [0.25, 0.3) is 14.2 Å². The van der Waals surface area contributed by atoms with E-state index < -0.39 is 31.9 Å². The molecule has 1 atom stereocenters. The zero-order valence-electron chi connectivity index (χ0n) is 18.8. The first-order valence-corrected chi connectivity index (χ1v) is 12.7. The first-order chi connectivity index (χ1) is 13.1. The molecule has 0 spiro atoms. The maximum absolute atomic E-state index is 14.2. The highest BCUT2D eigenvalue weighted by molar-refractivity contribution is 6.74. The average Bonchev–Trinajstić information content (AvgIpc) is 2.51. The molecule has 1 aromatic rings. The van der Waals surface area contributed by atoms with Crippen LogP contribution in [0.1, 0.15) is 58.3 Å². The van der Waals surface area contributed by atoms with Gasteiger partial charge in [0, 0.05) is 12.1 Å². The van der Waals surface area contributed by atoms with Gasteiger partial charge in [-0.1, -0.05) is 26.8 Å². The minimum absolute atomic E-state index is 0.0862. The minimum Gasteiger partial charge on any atom is -0.543 e. The summed E-state index contributed by atoms with van der Waals surface area (Å²) in [7, 11) is -2.25. The zero-order valence-corrected chi connectivity index (χ0v) is 19.8. The van der Waals surface area contributed by atoms with Crippen LogP contribution < -0.4 is 15.5 Å². The Hall–Kier alpha value is -2.09. The van der Waals surface area contributed by atoms with Gasteiger partial charge in [0.05, 0.1) is 6.61 Å². The number of hydrogen-bond acceptors (Lipinski definition) is 5. The van der Waals surface area contributed by atoms with Gasteiger partial charge >= 0.3 is 5.97 Å². The lowest BCUT2D eigenvalue weighted by Gasteiger charge is -2.37. The lowest BCUT2D eigenvalue weighted by Crippen LogP contribution is -2.46. The van der Waals surface area contributed by atoms with Crippen molar-refractivity contribution < 1.29 is 23.1 Å². The number of hydrogen-bond donors (Lipinski definition) is 2. The van der Waals surface area contributed by atoms with Crippen LogP contribution in [0.25, 0.3) is 0 Å². The summed E-state index contributed by atoms with van der Waals surface area (Å²) in [5.41, 5.74) is 4.76. The number of ether oxygens (including phenoxy) is 1. The lowest BCUT2D eigenvalue weighted by atomic mass is 10.00. The molecule has 0 bridgehead atoms. The standard InChI is InChI=1S/C21H35FN2O4Si/c1-9-27-19(26)15(13-21(5,6)22)24-18(25)17-14(23)11-10-12-16(17)28-29(7,8)20(2,3)4/h10-12,15H,9,13,23H2,1-8H3,(H,24,25). The minimum atomic E-state index is -2.25. The molecule has 0 fully saturated rings. The fourth-order valence-electron chi connectivity index (χ4n) is 2.46. The van der Waals surface area contributed by atoms with Crippen molar-refractivity contribution in [2.24, 2.45) is 0 Å². The summed E-state index contributed by atoms with van der Waals surface area (Å²) in [5.74, 6) is -0.928. The van der Waals surface area contributed by atoms with E-state index in [1.165, 1.54) is 13.8 Å². The van der Waals surface area contributed by atoms with E-state index in [-0.39, 0.29) is 29.3 Å². The number of anilines is 1. The van der Waals surface area contributed by atoms with E-state index in [0.29, 0.717) is 5.75 Å². The van der Waals surface area contributed by atoms with Gasteiger partial charge in [-0.25, -0.2) is 9.18 Å². The predicted molar refractivity (Wildman–Crippen MR) is 116 cm³/mol. The molecule has 0 heterocycles. The Morgan fingerprint density at radius 1 is 1.21 bits per heavy atom. The first kappa shape index (κ1) is 24.9. The highest BCUT2D eigenvalue weighted by atomic mass is 28.4. The number of amides is 1. The van der Waals surface area contributed by atoms with E-state index in [9.17, 15) is 14.0 Å². The molecule has 3 N–H and O–H groups in total. The Bertz CT molecular complexity index is 739. The van der Waals surface area contributed by atoms with Gasteiger partial charge in [-0.15, -0.1) is 0 Å². The van der Waals surface area contributed by atoms with Gasteiger partial charge < -0.3 is 20.2 Å². The molecule has 29 heavy (non-hydrogen) atoms. The number of rotatable bonds is 8. The zero-order chi connectivity index (χ0) is 22.6. The number of nitrogen functional groups attached to an aromatic ring is 1. The maximum Gasteiger partial charge on any atom is 0.328 e. The second-order valence-corrected chi connectivity index (χ2v) is 14.0. The van der Waals surface area contributed by atoms with Crippen molar-refractivity contribution in [1.82, 2.24) is 5.32 Å². The van der Waals surface area contributed by atoms with Gasteiger partial charge in [-0.2, -0.15) is 0 Å². The molecule has 0 aliphatic rings. The van der Waals surface area contributed by atoms with Gasteiger partial charge in [0.2, 0.25) is 0 Å². The third kappa shape index (κ3) is 7.03. The van der Waals surface area contributed by atoms with Crippen molar-refractivity contribution in [2.45, 2.75) is 77.8 Å². The summed E-state index contributed by atoms with van der Waals surface area (Å²) >= 11 is 0. The van der Waals surface area contributed by atoms with Crippen molar-refractivity contribution in [3.05, 3.63) is 23.8 Å². The van der Waals surface area contributed by atoms with E-state index in [2.05, 4.69) is 39.2 Å². The van der Waals surface area contributed by atoms with Crippen molar-refractivity contribution in [3.8, 4) is 5.75 Å². The molecule has 164 valence electrons. The smallest absolute Gasteiger partial charge is 0.328 e. The van der Waals surface area contributed by atoms with Gasteiger partial charge in [-0.05, 0) is 51.0 Å². The fraction of sp³-hybridized carbons (Fsp3) is 0.619. The molecule has 6 nitrogen and oxygen atoms in total. The Labute approximate surface area is 174 Å². The molecule has 0 radical (unpaired) electrons. The third-order valence-corrected chi connectivity index (χ3v) is 9.37. The van der Waals surface area contributed by atoms with Crippen LogP contribution in [0.2, 0.25) is 18.1 Å². The van der Waals surface area contributed by atoms with E-state index in [0.717, 1.165) is 0 Å². The highest BCUT2D eigenvalue weighted by Gasteiger charge is 2.40. The number of alkyl halides is 1. The van der Waals surface area contributed by atoms with Crippen LogP contribution in [0, 0.1) is 0 Å². The monoisotopic (exact) mass is 426 g/mol. The number of carbonyl (C=O) groups excluding carboxylic acids is 2. The van der Waals surface area contributed by atoms with Gasteiger partial charge in [-0.3, -0.25) is 4.79 Å². The quantitative estimate of drug-likeness (QED) is 0.364. The van der Waals surface area contributed by atoms with Gasteiger partial charge in [0.1, 0.15) is 23.0 Å². The number of benzene rings is 1. The molecule has 1 amide bonds. The molecule has 0 aliphatic heterocycles. The number of halogens is 1. The number of carbonyl (C=O) groups is 2. The summed E-state index contributed by atoms with van der Waals surface area (Å²) in [6, 6.07) is 3.85. The number of nitrogens with two attached hydrogens (primary N) is 1. The number of nitrogens with one attached hydrogen (secondary N) is 1. The van der Waals surface area contributed by atoms with E-state index in [4.69, 9.17) is 14.9 Å².